The van der Waals surface area contributed by atoms with Crippen LogP contribution in [0.2, 0.25) is 0 Å². The lowest BCUT2D eigenvalue weighted by molar-refractivity contribution is -0.165. The van der Waals surface area contributed by atoms with Gasteiger partial charge in [-0.25, -0.2) is 9.59 Å². The molecule has 12 nitrogen and oxygen atoms in total. The maximum atomic E-state index is 13.2. The number of amides is 4. The van der Waals surface area contributed by atoms with E-state index in [9.17, 15) is 28.8 Å². The number of methoxy groups -OCH3 is 1. The molecular formula is C28H46N4O8. The Balaban J connectivity index is 1.90. The van der Waals surface area contributed by atoms with Crippen molar-refractivity contribution < 1.29 is 38.2 Å². The molecule has 2 aliphatic rings. The number of hydrogen-bond donors (Lipinski definition) is 2. The molecule has 4 amide bonds. The van der Waals surface area contributed by atoms with Gasteiger partial charge in [-0.2, -0.15) is 0 Å². The van der Waals surface area contributed by atoms with Crippen LogP contribution >= 0.6 is 0 Å². The molecule has 12 heteroatoms. The first-order chi connectivity index (χ1) is 18.5. The monoisotopic (exact) mass is 566 g/mol. The van der Waals surface area contributed by atoms with Crippen molar-refractivity contribution in [2.45, 2.75) is 116 Å². The highest BCUT2D eigenvalue weighted by Crippen LogP contribution is 2.33. The minimum atomic E-state index is -1.71. The van der Waals surface area contributed by atoms with Gasteiger partial charge in [-0.05, 0) is 80.1 Å². The van der Waals surface area contributed by atoms with Crippen molar-refractivity contribution in [2.24, 2.45) is 0 Å². The van der Waals surface area contributed by atoms with Gasteiger partial charge < -0.3 is 29.9 Å². The highest BCUT2D eigenvalue weighted by atomic mass is 16.5. The molecule has 2 atom stereocenters. The number of nitrogens with zero attached hydrogens (tertiary/aromatic N) is 2. The number of carbonyl (C=O) groups is 6. The zero-order valence-corrected chi connectivity index (χ0v) is 25.0. The summed E-state index contributed by atoms with van der Waals surface area (Å²) in [6.07, 6.45) is 2.73. The average molecular weight is 567 g/mol. The molecule has 0 spiro atoms. The van der Waals surface area contributed by atoms with Gasteiger partial charge in [0.05, 0.1) is 7.11 Å². The Bertz CT molecular complexity index is 984. The van der Waals surface area contributed by atoms with Crippen LogP contribution in [0.4, 0.5) is 0 Å². The molecule has 2 rings (SSSR count). The zero-order valence-electron chi connectivity index (χ0n) is 25.0. The summed E-state index contributed by atoms with van der Waals surface area (Å²) in [5.74, 6) is -2.91. The molecule has 0 bridgehead atoms. The first-order valence-electron chi connectivity index (χ1n) is 14.0. The Morgan fingerprint density at radius 3 is 2.02 bits per heavy atom. The molecule has 2 saturated heterocycles. The molecule has 0 aromatic rings. The number of likely N-dealkylation sites (tertiary alicyclic amines) is 2. The molecular weight excluding hydrogens is 520 g/mol. The molecule has 2 heterocycles. The van der Waals surface area contributed by atoms with Crippen molar-refractivity contribution in [1.29, 1.82) is 0 Å². The summed E-state index contributed by atoms with van der Waals surface area (Å²) >= 11 is 0. The quantitative estimate of drug-likeness (QED) is 0.229. The molecule has 0 aliphatic carbocycles. The van der Waals surface area contributed by atoms with Gasteiger partial charge in [-0.15, -0.1) is 0 Å². The largest absolute Gasteiger partial charge is 0.467 e. The number of esters is 2. The lowest BCUT2D eigenvalue weighted by Gasteiger charge is -2.36. The molecule has 2 N–H and O–H groups in total. The van der Waals surface area contributed by atoms with E-state index in [1.165, 1.54) is 16.9 Å². The van der Waals surface area contributed by atoms with Gasteiger partial charge in [0, 0.05) is 37.0 Å². The minimum Gasteiger partial charge on any atom is -0.467 e. The first-order valence-corrected chi connectivity index (χ1v) is 14.0. The molecule has 0 unspecified atom stereocenters. The summed E-state index contributed by atoms with van der Waals surface area (Å²) in [5, 5.41) is 5.53. The van der Waals surface area contributed by atoms with Crippen LogP contribution in [0.5, 0.6) is 0 Å². The highest BCUT2D eigenvalue weighted by molar-refractivity contribution is 6.10. The Labute approximate surface area is 236 Å². The Morgan fingerprint density at radius 1 is 0.850 bits per heavy atom. The van der Waals surface area contributed by atoms with E-state index < -0.39 is 53.0 Å². The Hall–Kier alpha value is -3.18. The van der Waals surface area contributed by atoms with Crippen molar-refractivity contribution in [2.75, 3.05) is 26.8 Å². The molecule has 226 valence electrons. The van der Waals surface area contributed by atoms with Crippen LogP contribution in [0, 0.1) is 0 Å². The molecule has 0 aromatic carbocycles. The highest BCUT2D eigenvalue weighted by Gasteiger charge is 2.57. The normalized spacial score (nSPS) is 21.1. The molecule has 40 heavy (non-hydrogen) atoms. The van der Waals surface area contributed by atoms with E-state index in [1.807, 2.05) is 20.8 Å². The van der Waals surface area contributed by atoms with Gasteiger partial charge in [-0.3, -0.25) is 19.2 Å². The molecule has 2 aliphatic heterocycles. The van der Waals surface area contributed by atoms with Crippen molar-refractivity contribution in [3.05, 3.63) is 0 Å². The van der Waals surface area contributed by atoms with E-state index in [1.54, 1.807) is 20.8 Å². The van der Waals surface area contributed by atoms with Crippen molar-refractivity contribution in [3.63, 3.8) is 0 Å². The topological polar surface area (TPSA) is 151 Å². The third-order valence-electron chi connectivity index (χ3n) is 6.81. The van der Waals surface area contributed by atoms with Crippen LogP contribution in [0.1, 0.15) is 92.9 Å². The maximum absolute atomic E-state index is 13.2. The van der Waals surface area contributed by atoms with E-state index in [-0.39, 0.29) is 37.6 Å². The lowest BCUT2D eigenvalue weighted by atomic mass is 9.92. The predicted octanol–water partition coefficient (Wildman–Crippen LogP) is 1.44. The van der Waals surface area contributed by atoms with Crippen LogP contribution in [0.15, 0.2) is 0 Å². The van der Waals surface area contributed by atoms with Gasteiger partial charge in [0.15, 0.2) is 6.61 Å². The van der Waals surface area contributed by atoms with Gasteiger partial charge in [-0.1, -0.05) is 0 Å². The van der Waals surface area contributed by atoms with Gasteiger partial charge in [0.1, 0.15) is 6.04 Å². The molecule has 0 saturated carbocycles. The third kappa shape index (κ3) is 8.66. The second-order valence-corrected chi connectivity index (χ2v) is 12.6. The summed E-state index contributed by atoms with van der Waals surface area (Å²) in [5.41, 5.74) is -2.76. The number of rotatable bonds is 10. The standard InChI is InChI=1S/C28H46N4O8/c1-26(2,3)29-20(33)18-40-23(36)19-12-10-16-31(19)21(34)13-8-9-14-22(35)32-17-11-15-28(32,25(38)39-7)24(37)30-27(4,5)6/h19H,8-18H2,1-7H3,(H,29,33)(H,30,37)/t19-,28-/m1/s1. The second-order valence-electron chi connectivity index (χ2n) is 12.6. The predicted molar refractivity (Wildman–Crippen MR) is 146 cm³/mol. The molecule has 2 fully saturated rings. The number of unbranched alkanes of at least 4 members (excludes halogenated alkanes) is 1. The third-order valence-corrected chi connectivity index (χ3v) is 6.81. The minimum absolute atomic E-state index is 0.0587. The van der Waals surface area contributed by atoms with Crippen LogP contribution in [0.3, 0.4) is 0 Å². The number of nitrogens with one attached hydrogen (secondary N) is 2. The summed E-state index contributed by atoms with van der Waals surface area (Å²) in [4.78, 5) is 79.3. The fourth-order valence-corrected chi connectivity index (χ4v) is 5.14. The van der Waals surface area contributed by atoms with Crippen molar-refractivity contribution >= 4 is 35.6 Å². The van der Waals surface area contributed by atoms with E-state index in [2.05, 4.69) is 10.6 Å². The number of carbonyl (C=O) groups excluding carboxylic acids is 6. The van der Waals surface area contributed by atoms with Crippen molar-refractivity contribution in [1.82, 2.24) is 20.4 Å². The van der Waals surface area contributed by atoms with Crippen LogP contribution in [-0.4, -0.2) is 94.8 Å². The Morgan fingerprint density at radius 2 is 1.45 bits per heavy atom. The van der Waals surface area contributed by atoms with Gasteiger partial charge in [0.25, 0.3) is 11.8 Å². The average Bonchev–Trinajstić information content (AvgIpc) is 3.51. The fraction of sp³-hybridized carbons (Fsp3) is 0.786. The Kier molecular flexibility index (Phi) is 11.1. The number of hydrogen-bond acceptors (Lipinski definition) is 8. The molecule has 0 aromatic heterocycles. The summed E-state index contributed by atoms with van der Waals surface area (Å²) in [6, 6.07) is -0.733. The lowest BCUT2D eigenvalue weighted by Crippen LogP contribution is -2.64. The summed E-state index contributed by atoms with van der Waals surface area (Å²) < 4.78 is 10.1. The van der Waals surface area contributed by atoms with Gasteiger partial charge >= 0.3 is 11.9 Å². The second kappa shape index (κ2) is 13.5. The van der Waals surface area contributed by atoms with Crippen LogP contribution < -0.4 is 10.6 Å². The molecule has 0 radical (unpaired) electrons. The summed E-state index contributed by atoms with van der Waals surface area (Å²) in [7, 11) is 1.20. The smallest absolute Gasteiger partial charge is 0.341 e. The van der Waals surface area contributed by atoms with Crippen LogP contribution in [-0.2, 0) is 38.2 Å². The number of ether oxygens (including phenoxy) is 2. The van der Waals surface area contributed by atoms with E-state index in [4.69, 9.17) is 9.47 Å². The maximum Gasteiger partial charge on any atom is 0.341 e. The first kappa shape index (κ1) is 33.0. The van der Waals surface area contributed by atoms with Gasteiger partial charge in [0.2, 0.25) is 17.4 Å². The fourth-order valence-electron chi connectivity index (χ4n) is 5.14. The summed E-state index contributed by atoms with van der Waals surface area (Å²) in [6.45, 7) is 11.1. The van der Waals surface area contributed by atoms with E-state index >= 15 is 0 Å². The van der Waals surface area contributed by atoms with Crippen LogP contribution in [0.25, 0.3) is 0 Å². The van der Waals surface area contributed by atoms with E-state index in [0.717, 1.165) is 0 Å². The SMILES string of the molecule is COC(=O)[C@]1(C(=O)NC(C)(C)C)CCCN1C(=O)CCCCC(=O)N1CCC[C@@H]1C(=O)OCC(=O)NC(C)(C)C. The van der Waals surface area contributed by atoms with E-state index in [0.29, 0.717) is 38.6 Å². The zero-order chi connectivity index (χ0) is 30.3. The van der Waals surface area contributed by atoms with Crippen molar-refractivity contribution in [3.8, 4) is 0 Å².